The van der Waals surface area contributed by atoms with E-state index in [-0.39, 0.29) is 5.25 Å². The molecule has 2 aromatic heterocycles. The molecular formula is C25H32N4OS3. The summed E-state index contributed by atoms with van der Waals surface area (Å²) in [5.74, 6) is 0.836. The Morgan fingerprint density at radius 3 is 2.33 bits per heavy atom. The van der Waals surface area contributed by atoms with E-state index in [0.717, 1.165) is 44.9 Å². The monoisotopic (exact) mass is 500 g/mol. The van der Waals surface area contributed by atoms with Gasteiger partial charge in [-0.05, 0) is 37.6 Å². The molecule has 8 heteroatoms. The van der Waals surface area contributed by atoms with Gasteiger partial charge >= 0.3 is 0 Å². The number of aromatic nitrogens is 2. The molecule has 5 nitrogen and oxygen atoms in total. The predicted molar refractivity (Wildman–Crippen MR) is 150 cm³/mol. The van der Waals surface area contributed by atoms with Gasteiger partial charge in [-0.1, -0.05) is 61.1 Å². The van der Waals surface area contributed by atoms with Crippen molar-refractivity contribution in [1.29, 1.82) is 0 Å². The van der Waals surface area contributed by atoms with Gasteiger partial charge in [-0.3, -0.25) is 0 Å². The van der Waals surface area contributed by atoms with Crippen molar-refractivity contribution in [3.63, 3.8) is 0 Å². The van der Waals surface area contributed by atoms with Gasteiger partial charge in [0.2, 0.25) is 0 Å². The Kier molecular flexibility index (Phi) is 10.9. The number of hydrogen-bond acceptors (Lipinski definition) is 8. The summed E-state index contributed by atoms with van der Waals surface area (Å²) in [6.07, 6.45) is 0. The molecular weight excluding hydrogens is 469 g/mol. The van der Waals surface area contributed by atoms with Crippen molar-refractivity contribution in [2.75, 3.05) is 24.8 Å². The molecule has 176 valence electrons. The second-order valence-electron chi connectivity index (χ2n) is 6.78. The van der Waals surface area contributed by atoms with Crippen LogP contribution in [0.3, 0.4) is 0 Å². The number of benzene rings is 2. The van der Waals surface area contributed by atoms with Gasteiger partial charge in [-0.15, -0.1) is 11.3 Å². The van der Waals surface area contributed by atoms with Gasteiger partial charge < -0.3 is 15.7 Å². The first-order valence-corrected chi connectivity index (χ1v) is 13.0. The molecule has 0 fully saturated rings. The van der Waals surface area contributed by atoms with Crippen LogP contribution >= 0.6 is 35.3 Å². The van der Waals surface area contributed by atoms with E-state index in [1.165, 1.54) is 11.1 Å². The summed E-state index contributed by atoms with van der Waals surface area (Å²) < 4.78 is 0. The number of nitrogens with one attached hydrogen (secondary N) is 2. The average molecular weight is 501 g/mol. The first-order chi connectivity index (χ1) is 16.0. The largest absolute Gasteiger partial charge is 0.400 e. The molecule has 33 heavy (non-hydrogen) atoms. The van der Waals surface area contributed by atoms with E-state index in [4.69, 9.17) is 15.1 Å². The second kappa shape index (κ2) is 13.3. The molecule has 2 heterocycles. The summed E-state index contributed by atoms with van der Waals surface area (Å²) in [6, 6.07) is 16.7. The highest BCUT2D eigenvalue weighted by molar-refractivity contribution is 7.80. The maximum Gasteiger partial charge on any atom is 0.189 e. The molecule has 2 aromatic carbocycles. The molecule has 4 aromatic rings. The summed E-state index contributed by atoms with van der Waals surface area (Å²) in [4.78, 5) is 10.6. The van der Waals surface area contributed by atoms with Crippen LogP contribution < -0.4 is 10.6 Å². The predicted octanol–water partition coefficient (Wildman–Crippen LogP) is 7.65. The third kappa shape index (κ3) is 7.04. The smallest absolute Gasteiger partial charge is 0.189 e. The maximum absolute atomic E-state index is 7.00. The van der Waals surface area contributed by atoms with Crippen molar-refractivity contribution >= 4 is 51.9 Å². The summed E-state index contributed by atoms with van der Waals surface area (Å²) in [7, 11) is 2.89. The van der Waals surface area contributed by atoms with E-state index < -0.39 is 0 Å². The van der Waals surface area contributed by atoms with Gasteiger partial charge in [0.25, 0.3) is 0 Å². The number of thiazole rings is 2. The minimum Gasteiger partial charge on any atom is -0.400 e. The zero-order chi connectivity index (χ0) is 24.4. The Morgan fingerprint density at radius 1 is 1.03 bits per heavy atom. The first-order valence-electron chi connectivity index (χ1n) is 10.7. The first kappa shape index (κ1) is 26.9. The van der Waals surface area contributed by atoms with Crippen LogP contribution in [0.25, 0.3) is 21.1 Å². The van der Waals surface area contributed by atoms with Crippen LogP contribution in [-0.2, 0) is 0 Å². The highest BCUT2D eigenvalue weighted by Crippen LogP contribution is 2.40. The van der Waals surface area contributed by atoms with E-state index in [0.29, 0.717) is 0 Å². The lowest BCUT2D eigenvalue weighted by Crippen LogP contribution is -1.93. The fourth-order valence-electron chi connectivity index (χ4n) is 2.97. The van der Waals surface area contributed by atoms with E-state index >= 15 is 0 Å². The van der Waals surface area contributed by atoms with Gasteiger partial charge in [0.05, 0.1) is 5.69 Å². The lowest BCUT2D eigenvalue weighted by Gasteiger charge is -2.06. The molecule has 4 rings (SSSR count). The van der Waals surface area contributed by atoms with Gasteiger partial charge in [-0.2, -0.15) is 12.6 Å². The number of rotatable bonds is 6. The fraction of sp³-hybridized carbons (Fsp3) is 0.280. The Hall–Kier alpha value is -2.39. The number of aryl methyl sites for hydroxylation is 1. The van der Waals surface area contributed by atoms with E-state index in [2.05, 4.69) is 91.0 Å². The number of aliphatic hydroxyl groups is 1. The summed E-state index contributed by atoms with van der Waals surface area (Å²) in [5.41, 5.74) is 5.57. The number of nitrogens with zero attached hydrogens (tertiary/aromatic N) is 2. The molecule has 0 radical (unpaired) electrons. The molecule has 0 spiro atoms. The van der Waals surface area contributed by atoms with Crippen LogP contribution in [0.15, 0.2) is 53.9 Å². The van der Waals surface area contributed by atoms with E-state index in [1.54, 1.807) is 22.7 Å². The third-order valence-electron chi connectivity index (χ3n) is 4.52. The van der Waals surface area contributed by atoms with Gasteiger partial charge in [-0.25, -0.2) is 9.97 Å². The molecule has 1 atom stereocenters. The minimum absolute atomic E-state index is 0.221. The van der Waals surface area contributed by atoms with Crippen LogP contribution in [0.4, 0.5) is 16.6 Å². The van der Waals surface area contributed by atoms with Gasteiger partial charge in [0, 0.05) is 36.0 Å². The van der Waals surface area contributed by atoms with E-state index in [9.17, 15) is 0 Å². The molecule has 0 saturated carbocycles. The Bertz CT molecular complexity index is 1120. The molecule has 0 saturated heterocycles. The third-order valence-corrected chi connectivity index (χ3v) is 6.79. The van der Waals surface area contributed by atoms with Crippen LogP contribution in [0.2, 0.25) is 0 Å². The molecule has 0 amide bonds. The normalized spacial score (nSPS) is 10.9. The molecule has 0 bridgehead atoms. The number of thiol groups is 1. The Balaban J connectivity index is 0.000000914. The van der Waals surface area contributed by atoms with Crippen molar-refractivity contribution in [2.24, 2.45) is 0 Å². The number of aliphatic hydroxyl groups excluding tert-OH is 1. The lowest BCUT2D eigenvalue weighted by molar-refractivity contribution is 0.399. The summed E-state index contributed by atoms with van der Waals surface area (Å²) >= 11 is 7.72. The van der Waals surface area contributed by atoms with Gasteiger partial charge in [0.1, 0.15) is 15.7 Å². The molecule has 0 aliphatic rings. The van der Waals surface area contributed by atoms with Crippen LogP contribution in [0.1, 0.15) is 37.1 Å². The standard InChI is InChI=1S/C22H22N4S3.C2H6.CH4O/c1-13-5-4-6-16(11-13)18-12-28-21(25-18)19-20(23-3)26-22(29-19)24-17-9-7-15(8-10-17)14(2)27;2*1-2/h4-12,14,23,27H,1-3H3,(H,24,26);1-2H3;2H,1H3. The quantitative estimate of drug-likeness (QED) is 0.205. The second-order valence-corrected chi connectivity index (χ2v) is 9.41. The highest BCUT2D eigenvalue weighted by Gasteiger charge is 2.16. The summed E-state index contributed by atoms with van der Waals surface area (Å²) in [6.45, 7) is 8.16. The highest BCUT2D eigenvalue weighted by atomic mass is 32.1. The molecule has 0 aliphatic heterocycles. The number of hydrogen-bond donors (Lipinski definition) is 4. The summed E-state index contributed by atoms with van der Waals surface area (Å²) in [5, 5.41) is 17.7. The van der Waals surface area contributed by atoms with Crippen molar-refractivity contribution in [3.8, 4) is 21.1 Å². The maximum atomic E-state index is 7.00. The van der Waals surface area contributed by atoms with Crippen molar-refractivity contribution in [1.82, 2.24) is 9.97 Å². The Labute approximate surface area is 210 Å². The van der Waals surface area contributed by atoms with Crippen molar-refractivity contribution < 1.29 is 5.11 Å². The SMILES string of the molecule is CC.CNc1nc(Nc2ccc(C(C)S)cc2)sc1-c1nc(-c2cccc(C)c2)cs1.CO. The topological polar surface area (TPSA) is 70.1 Å². The number of anilines is 3. The molecule has 3 N–H and O–H groups in total. The average Bonchev–Trinajstić information content (AvgIpc) is 3.49. The molecule has 1 unspecified atom stereocenters. The van der Waals surface area contributed by atoms with E-state index in [1.807, 2.05) is 20.9 Å². The van der Waals surface area contributed by atoms with Crippen molar-refractivity contribution in [3.05, 3.63) is 65.0 Å². The lowest BCUT2D eigenvalue weighted by atomic mass is 10.1. The Morgan fingerprint density at radius 2 is 1.73 bits per heavy atom. The zero-order valence-electron chi connectivity index (χ0n) is 19.9. The fourth-order valence-corrected chi connectivity index (χ4v) is 5.06. The molecule has 0 aliphatic carbocycles. The van der Waals surface area contributed by atoms with Crippen LogP contribution in [0.5, 0.6) is 0 Å². The van der Waals surface area contributed by atoms with Crippen LogP contribution in [0, 0.1) is 6.92 Å². The zero-order valence-corrected chi connectivity index (χ0v) is 22.4. The van der Waals surface area contributed by atoms with Gasteiger partial charge in [0.15, 0.2) is 5.13 Å². The van der Waals surface area contributed by atoms with Crippen molar-refractivity contribution in [2.45, 2.75) is 32.9 Å². The van der Waals surface area contributed by atoms with Crippen LogP contribution in [-0.4, -0.2) is 29.2 Å². The minimum atomic E-state index is 0.221.